The van der Waals surface area contributed by atoms with Gasteiger partial charge in [-0.15, -0.1) is 0 Å². The monoisotopic (exact) mass is 300 g/mol. The SMILES string of the molecule is N/C(=N/OC=O)C(=O)c1ccc(Sc2ccccc2)cc1. The zero-order chi connectivity index (χ0) is 15.1. The van der Waals surface area contributed by atoms with Crippen molar-refractivity contribution in [3.8, 4) is 0 Å². The minimum absolute atomic E-state index is 0.0970. The predicted octanol–water partition coefficient (Wildman–Crippen LogP) is 2.47. The average Bonchev–Trinajstić information content (AvgIpc) is 2.53. The van der Waals surface area contributed by atoms with Gasteiger partial charge in [0.25, 0.3) is 0 Å². The Morgan fingerprint density at radius 2 is 1.67 bits per heavy atom. The first-order chi connectivity index (χ1) is 10.2. The molecule has 2 rings (SSSR count). The molecule has 0 aliphatic rings. The summed E-state index contributed by atoms with van der Waals surface area (Å²) in [5.74, 6) is -0.862. The van der Waals surface area contributed by atoms with Gasteiger partial charge in [-0.3, -0.25) is 9.59 Å². The van der Waals surface area contributed by atoms with E-state index >= 15 is 0 Å². The molecule has 0 heterocycles. The van der Waals surface area contributed by atoms with Crippen molar-refractivity contribution in [3.05, 3.63) is 60.2 Å². The summed E-state index contributed by atoms with van der Waals surface area (Å²) in [6, 6.07) is 16.8. The molecular weight excluding hydrogens is 288 g/mol. The highest BCUT2D eigenvalue weighted by atomic mass is 32.2. The van der Waals surface area contributed by atoms with Gasteiger partial charge in [-0.1, -0.05) is 35.1 Å². The Labute approximate surface area is 125 Å². The fraction of sp³-hybridized carbons (Fsp3) is 0. The lowest BCUT2D eigenvalue weighted by atomic mass is 10.1. The standard InChI is InChI=1S/C15H12N2O3S/c16-15(17-20-10-18)14(19)11-6-8-13(9-7-11)21-12-4-2-1-3-5-12/h1-10H,(H2,16,17). The van der Waals surface area contributed by atoms with Gasteiger partial charge in [-0.25, -0.2) is 0 Å². The van der Waals surface area contributed by atoms with Crippen LogP contribution in [0.25, 0.3) is 0 Å². The van der Waals surface area contributed by atoms with E-state index in [1.165, 1.54) is 0 Å². The number of benzene rings is 2. The Morgan fingerprint density at radius 3 is 2.29 bits per heavy atom. The van der Waals surface area contributed by atoms with Gasteiger partial charge in [-0.05, 0) is 36.4 Å². The highest BCUT2D eigenvalue weighted by Gasteiger charge is 2.11. The van der Waals surface area contributed by atoms with Crippen LogP contribution in [-0.2, 0) is 9.63 Å². The van der Waals surface area contributed by atoms with Crippen LogP contribution in [0.5, 0.6) is 0 Å². The van der Waals surface area contributed by atoms with Crippen molar-refractivity contribution < 1.29 is 14.4 Å². The Morgan fingerprint density at radius 1 is 1.05 bits per heavy atom. The fourth-order valence-corrected chi connectivity index (χ4v) is 2.40. The van der Waals surface area contributed by atoms with Crippen LogP contribution in [0.15, 0.2) is 69.5 Å². The van der Waals surface area contributed by atoms with E-state index in [0.29, 0.717) is 5.56 Å². The third kappa shape index (κ3) is 4.19. The van der Waals surface area contributed by atoms with E-state index in [4.69, 9.17) is 5.73 Å². The summed E-state index contributed by atoms with van der Waals surface area (Å²) in [4.78, 5) is 28.1. The lowest BCUT2D eigenvalue weighted by molar-refractivity contribution is -0.128. The number of Topliss-reactive ketones (excluding diaryl/α,β-unsaturated/α-hetero) is 1. The van der Waals surface area contributed by atoms with Gasteiger partial charge in [0.1, 0.15) is 0 Å². The Hall–Kier alpha value is -2.60. The number of oxime groups is 1. The molecule has 0 unspecified atom stereocenters. The summed E-state index contributed by atoms with van der Waals surface area (Å²) in [5.41, 5.74) is 5.79. The number of hydrogen-bond acceptors (Lipinski definition) is 5. The maximum atomic E-state index is 11.9. The van der Waals surface area contributed by atoms with Crippen molar-refractivity contribution >= 4 is 29.9 Å². The van der Waals surface area contributed by atoms with Crippen LogP contribution < -0.4 is 5.73 Å². The molecule has 2 aromatic rings. The van der Waals surface area contributed by atoms with E-state index in [1.54, 1.807) is 23.9 Å². The number of carbonyl (C=O) groups excluding carboxylic acids is 2. The van der Waals surface area contributed by atoms with Crippen LogP contribution in [0, 0.1) is 0 Å². The fourth-order valence-electron chi connectivity index (χ4n) is 1.57. The first-order valence-corrected chi connectivity index (χ1v) is 6.83. The molecule has 21 heavy (non-hydrogen) atoms. The molecule has 106 valence electrons. The summed E-state index contributed by atoms with van der Waals surface area (Å²) in [6.45, 7) is 0.0970. The van der Waals surface area contributed by atoms with Crippen LogP contribution in [-0.4, -0.2) is 18.1 Å². The van der Waals surface area contributed by atoms with Crippen LogP contribution >= 0.6 is 11.8 Å². The molecule has 0 atom stereocenters. The Bertz CT molecular complexity index is 654. The third-order valence-corrected chi connectivity index (χ3v) is 3.54. The lowest BCUT2D eigenvalue weighted by Gasteiger charge is -2.03. The van der Waals surface area contributed by atoms with E-state index in [0.717, 1.165) is 9.79 Å². The maximum absolute atomic E-state index is 11.9. The number of amidine groups is 1. The van der Waals surface area contributed by atoms with E-state index in [9.17, 15) is 9.59 Å². The molecule has 5 nitrogen and oxygen atoms in total. The van der Waals surface area contributed by atoms with Crippen molar-refractivity contribution in [3.63, 3.8) is 0 Å². The van der Waals surface area contributed by atoms with Crippen LogP contribution in [0.2, 0.25) is 0 Å². The molecule has 0 amide bonds. The zero-order valence-electron chi connectivity index (χ0n) is 10.9. The second kappa shape index (κ2) is 7.25. The normalized spacial score (nSPS) is 11.0. The number of rotatable bonds is 6. The van der Waals surface area contributed by atoms with Gasteiger partial charge >= 0.3 is 6.47 Å². The van der Waals surface area contributed by atoms with Crippen LogP contribution in [0.3, 0.4) is 0 Å². The summed E-state index contributed by atoms with van der Waals surface area (Å²) in [6.07, 6.45) is 0. The minimum atomic E-state index is -0.492. The Kier molecular flexibility index (Phi) is 5.11. The summed E-state index contributed by atoms with van der Waals surface area (Å²) >= 11 is 1.59. The zero-order valence-corrected chi connectivity index (χ0v) is 11.7. The quantitative estimate of drug-likeness (QED) is 0.221. The van der Waals surface area contributed by atoms with E-state index in [2.05, 4.69) is 9.99 Å². The lowest BCUT2D eigenvalue weighted by Crippen LogP contribution is -2.24. The van der Waals surface area contributed by atoms with Crippen LogP contribution in [0.1, 0.15) is 10.4 Å². The van der Waals surface area contributed by atoms with Gasteiger partial charge in [0, 0.05) is 15.4 Å². The van der Waals surface area contributed by atoms with E-state index < -0.39 is 5.78 Å². The van der Waals surface area contributed by atoms with Crippen molar-refractivity contribution in [2.75, 3.05) is 0 Å². The van der Waals surface area contributed by atoms with Crippen molar-refractivity contribution in [1.82, 2.24) is 0 Å². The molecule has 0 fully saturated rings. The first-order valence-electron chi connectivity index (χ1n) is 6.01. The maximum Gasteiger partial charge on any atom is 0.323 e. The van der Waals surface area contributed by atoms with Gasteiger partial charge < -0.3 is 10.6 Å². The van der Waals surface area contributed by atoms with E-state index in [1.807, 2.05) is 42.5 Å². The predicted molar refractivity (Wildman–Crippen MR) is 80.1 cm³/mol. The second-order valence-electron chi connectivity index (χ2n) is 3.95. The Balaban J connectivity index is 2.08. The van der Waals surface area contributed by atoms with Gasteiger partial charge in [0.15, 0.2) is 0 Å². The largest absolute Gasteiger partial charge is 0.378 e. The average molecular weight is 300 g/mol. The number of hydrogen-bond donors (Lipinski definition) is 1. The minimum Gasteiger partial charge on any atom is -0.378 e. The molecule has 0 radical (unpaired) electrons. The molecule has 0 aromatic heterocycles. The van der Waals surface area contributed by atoms with Crippen molar-refractivity contribution in [1.29, 1.82) is 0 Å². The van der Waals surface area contributed by atoms with Gasteiger partial charge in [0.05, 0.1) is 0 Å². The molecule has 0 saturated carbocycles. The molecule has 0 spiro atoms. The number of nitrogens with zero attached hydrogens (tertiary/aromatic N) is 1. The highest BCUT2D eigenvalue weighted by molar-refractivity contribution is 7.99. The molecular formula is C15H12N2O3S. The van der Waals surface area contributed by atoms with E-state index in [-0.39, 0.29) is 12.3 Å². The molecule has 0 saturated heterocycles. The first kappa shape index (κ1) is 14.8. The molecule has 0 aliphatic heterocycles. The molecule has 0 aliphatic carbocycles. The summed E-state index contributed by atoms with van der Waals surface area (Å²) in [7, 11) is 0. The number of nitrogens with two attached hydrogens (primary N) is 1. The molecule has 2 N–H and O–H groups in total. The van der Waals surface area contributed by atoms with Crippen molar-refractivity contribution in [2.24, 2.45) is 10.9 Å². The molecule has 0 bridgehead atoms. The molecule has 6 heteroatoms. The molecule has 2 aromatic carbocycles. The number of ketones is 1. The summed E-state index contributed by atoms with van der Waals surface area (Å²) in [5, 5.41) is 3.18. The topological polar surface area (TPSA) is 81.8 Å². The van der Waals surface area contributed by atoms with Gasteiger partial charge in [0.2, 0.25) is 11.6 Å². The summed E-state index contributed by atoms with van der Waals surface area (Å²) < 4.78 is 0. The second-order valence-corrected chi connectivity index (χ2v) is 5.09. The number of carbonyl (C=O) groups is 2. The van der Waals surface area contributed by atoms with Crippen molar-refractivity contribution in [2.45, 2.75) is 9.79 Å². The van der Waals surface area contributed by atoms with Gasteiger partial charge in [-0.2, -0.15) is 0 Å². The van der Waals surface area contributed by atoms with Crippen LogP contribution in [0.4, 0.5) is 0 Å². The third-order valence-electron chi connectivity index (χ3n) is 2.52. The highest BCUT2D eigenvalue weighted by Crippen LogP contribution is 2.27. The smallest absolute Gasteiger partial charge is 0.323 e.